The van der Waals surface area contributed by atoms with Gasteiger partial charge >= 0.3 is 0 Å². The molecule has 1 aromatic rings. The number of nitrogens with two attached hydrogens (primary N) is 1. The minimum Gasteiger partial charge on any atom is -0.388 e. The predicted octanol–water partition coefficient (Wildman–Crippen LogP) is 1.20. The minimum absolute atomic E-state index is 0.139. The maximum absolute atomic E-state index is 9.85. The van der Waals surface area contributed by atoms with Crippen molar-refractivity contribution < 1.29 is 14.4 Å². The molecule has 0 bridgehead atoms. The molecule has 2 atom stereocenters. The molecule has 2 unspecified atom stereocenters. The van der Waals surface area contributed by atoms with Gasteiger partial charge in [0.05, 0.1) is 12.0 Å². The van der Waals surface area contributed by atoms with Crippen LogP contribution in [0.15, 0.2) is 4.52 Å². The molecule has 0 saturated heterocycles. The van der Waals surface area contributed by atoms with Gasteiger partial charge in [-0.25, -0.2) is 0 Å². The first-order valence-corrected chi connectivity index (χ1v) is 6.39. The Morgan fingerprint density at radius 1 is 1.50 bits per heavy atom. The Kier molecular flexibility index (Phi) is 5.71. The van der Waals surface area contributed by atoms with Crippen LogP contribution >= 0.6 is 0 Å². The van der Waals surface area contributed by atoms with Crippen molar-refractivity contribution in [3.63, 3.8) is 0 Å². The van der Waals surface area contributed by atoms with Crippen LogP contribution in [0.1, 0.15) is 51.4 Å². The molecular weight excluding hydrogens is 234 g/mol. The van der Waals surface area contributed by atoms with E-state index in [0.29, 0.717) is 18.3 Å². The third-order valence-corrected chi connectivity index (χ3v) is 2.66. The summed E-state index contributed by atoms with van der Waals surface area (Å²) in [5.41, 5.74) is 4.43. The van der Waals surface area contributed by atoms with Crippen LogP contribution < -0.4 is 5.73 Å². The van der Waals surface area contributed by atoms with E-state index in [0.717, 1.165) is 12.8 Å². The summed E-state index contributed by atoms with van der Waals surface area (Å²) in [6.07, 6.45) is 1.94. The van der Waals surface area contributed by atoms with Gasteiger partial charge in [0.1, 0.15) is 6.10 Å². The number of aromatic nitrogens is 2. The molecule has 104 valence electrons. The van der Waals surface area contributed by atoms with E-state index in [9.17, 15) is 5.11 Å². The average molecular weight is 257 g/mol. The quantitative estimate of drug-likeness (QED) is 0.726. The van der Waals surface area contributed by atoms with E-state index in [1.165, 1.54) is 0 Å². The van der Waals surface area contributed by atoms with Crippen LogP contribution in [0.4, 0.5) is 0 Å². The fourth-order valence-electron chi connectivity index (χ4n) is 1.62. The number of rotatable bonds is 8. The van der Waals surface area contributed by atoms with Crippen molar-refractivity contribution in [2.45, 2.75) is 51.7 Å². The smallest absolute Gasteiger partial charge is 0.229 e. The molecule has 0 saturated carbocycles. The Balaban J connectivity index is 2.71. The topological polar surface area (TPSA) is 94.4 Å². The summed E-state index contributed by atoms with van der Waals surface area (Å²) in [5, 5.41) is 13.8. The lowest BCUT2D eigenvalue weighted by Gasteiger charge is -2.17. The van der Waals surface area contributed by atoms with Gasteiger partial charge in [-0.15, -0.1) is 0 Å². The molecule has 6 heteroatoms. The van der Waals surface area contributed by atoms with Crippen LogP contribution in [0.2, 0.25) is 0 Å². The second-order valence-corrected chi connectivity index (χ2v) is 4.66. The molecule has 0 aliphatic carbocycles. The van der Waals surface area contributed by atoms with Crippen LogP contribution in [-0.4, -0.2) is 34.0 Å². The first-order valence-electron chi connectivity index (χ1n) is 6.39. The highest BCUT2D eigenvalue weighted by Gasteiger charge is 2.24. The minimum atomic E-state index is -1.02. The summed E-state index contributed by atoms with van der Waals surface area (Å²) in [5.74, 6) is 0.933. The van der Waals surface area contributed by atoms with Crippen LogP contribution in [-0.2, 0) is 11.2 Å². The fraction of sp³-hybridized carbons (Fsp3) is 0.833. The van der Waals surface area contributed by atoms with Crippen molar-refractivity contribution in [1.29, 1.82) is 0 Å². The van der Waals surface area contributed by atoms with Crippen molar-refractivity contribution in [3.05, 3.63) is 11.7 Å². The van der Waals surface area contributed by atoms with Crippen molar-refractivity contribution in [2.24, 2.45) is 5.73 Å². The van der Waals surface area contributed by atoms with E-state index in [1.54, 1.807) is 6.92 Å². The zero-order chi connectivity index (χ0) is 13.6. The normalized spacial score (nSPS) is 16.5. The molecule has 1 heterocycles. The standard InChI is InChI=1S/C12H23N3O3/c1-4-6-9(17-5-2)11-14-10(18-15-11)7-12(3,16)8-13/h9,16H,4-8,13H2,1-3H3. The fourth-order valence-corrected chi connectivity index (χ4v) is 1.62. The Labute approximate surface area is 108 Å². The Morgan fingerprint density at radius 2 is 2.22 bits per heavy atom. The van der Waals surface area contributed by atoms with Crippen molar-refractivity contribution in [2.75, 3.05) is 13.2 Å². The largest absolute Gasteiger partial charge is 0.388 e. The number of nitrogens with zero attached hydrogens (tertiary/aromatic N) is 2. The lowest BCUT2D eigenvalue weighted by atomic mass is 10.0. The van der Waals surface area contributed by atoms with Gasteiger partial charge in [-0.3, -0.25) is 0 Å². The van der Waals surface area contributed by atoms with Crippen molar-refractivity contribution in [3.8, 4) is 0 Å². The highest BCUT2D eigenvalue weighted by molar-refractivity contribution is 4.95. The molecule has 0 aliphatic rings. The number of hydrogen-bond donors (Lipinski definition) is 2. The lowest BCUT2D eigenvalue weighted by Crippen LogP contribution is -2.36. The maximum atomic E-state index is 9.85. The number of aliphatic hydroxyl groups is 1. The average Bonchev–Trinajstić information content (AvgIpc) is 2.76. The van der Waals surface area contributed by atoms with E-state index in [-0.39, 0.29) is 19.1 Å². The third-order valence-electron chi connectivity index (χ3n) is 2.66. The van der Waals surface area contributed by atoms with Crippen LogP contribution in [0.25, 0.3) is 0 Å². The summed E-state index contributed by atoms with van der Waals surface area (Å²) < 4.78 is 10.7. The van der Waals surface area contributed by atoms with E-state index in [2.05, 4.69) is 17.1 Å². The summed E-state index contributed by atoms with van der Waals surface area (Å²) in [7, 11) is 0. The van der Waals surface area contributed by atoms with E-state index < -0.39 is 5.60 Å². The third kappa shape index (κ3) is 4.36. The van der Waals surface area contributed by atoms with Gasteiger partial charge in [-0.05, 0) is 20.3 Å². The molecule has 3 N–H and O–H groups in total. The molecule has 0 aromatic carbocycles. The van der Waals surface area contributed by atoms with Crippen molar-refractivity contribution >= 4 is 0 Å². The summed E-state index contributed by atoms with van der Waals surface area (Å²) in [6.45, 7) is 6.40. The predicted molar refractivity (Wildman–Crippen MR) is 67.0 cm³/mol. The second-order valence-electron chi connectivity index (χ2n) is 4.66. The first-order chi connectivity index (χ1) is 8.52. The molecule has 6 nitrogen and oxygen atoms in total. The zero-order valence-electron chi connectivity index (χ0n) is 11.3. The van der Waals surface area contributed by atoms with Gasteiger partial charge in [0, 0.05) is 13.2 Å². The van der Waals surface area contributed by atoms with E-state index in [4.69, 9.17) is 15.0 Å². The molecule has 0 amide bonds. The van der Waals surface area contributed by atoms with Crippen LogP contribution in [0, 0.1) is 0 Å². The number of hydrogen-bond acceptors (Lipinski definition) is 6. The van der Waals surface area contributed by atoms with Crippen LogP contribution in [0.5, 0.6) is 0 Å². The molecular formula is C12H23N3O3. The summed E-state index contributed by atoms with van der Waals surface area (Å²) >= 11 is 0. The second kappa shape index (κ2) is 6.82. The van der Waals surface area contributed by atoms with Gasteiger partial charge < -0.3 is 20.1 Å². The number of ether oxygens (including phenoxy) is 1. The molecule has 0 radical (unpaired) electrons. The van der Waals surface area contributed by atoms with Gasteiger partial charge in [-0.1, -0.05) is 18.5 Å². The zero-order valence-corrected chi connectivity index (χ0v) is 11.3. The first kappa shape index (κ1) is 15.1. The SMILES string of the molecule is CCCC(OCC)c1noc(CC(C)(O)CN)n1. The van der Waals surface area contributed by atoms with E-state index in [1.807, 2.05) is 6.92 Å². The molecule has 18 heavy (non-hydrogen) atoms. The van der Waals surface area contributed by atoms with Crippen molar-refractivity contribution in [1.82, 2.24) is 10.1 Å². The molecule has 0 spiro atoms. The molecule has 1 aromatic heterocycles. The maximum Gasteiger partial charge on any atom is 0.229 e. The summed E-state index contributed by atoms with van der Waals surface area (Å²) in [6, 6.07) is 0. The van der Waals surface area contributed by atoms with Gasteiger partial charge in [-0.2, -0.15) is 4.98 Å². The Bertz CT molecular complexity index is 346. The van der Waals surface area contributed by atoms with Gasteiger partial charge in [0.25, 0.3) is 0 Å². The molecule has 0 aliphatic heterocycles. The monoisotopic (exact) mass is 257 g/mol. The molecule has 0 fully saturated rings. The summed E-state index contributed by atoms with van der Waals surface area (Å²) in [4.78, 5) is 4.26. The Hall–Kier alpha value is -0.980. The highest BCUT2D eigenvalue weighted by atomic mass is 16.5. The van der Waals surface area contributed by atoms with E-state index >= 15 is 0 Å². The van der Waals surface area contributed by atoms with Gasteiger partial charge in [0.15, 0.2) is 0 Å². The Morgan fingerprint density at radius 3 is 2.78 bits per heavy atom. The molecule has 1 rings (SSSR count). The van der Waals surface area contributed by atoms with Gasteiger partial charge in [0.2, 0.25) is 11.7 Å². The lowest BCUT2D eigenvalue weighted by molar-refractivity contribution is 0.0477. The highest BCUT2D eigenvalue weighted by Crippen LogP contribution is 2.21. The van der Waals surface area contributed by atoms with Crippen LogP contribution in [0.3, 0.4) is 0 Å².